The third kappa shape index (κ3) is 4.99. The van der Waals surface area contributed by atoms with Crippen molar-refractivity contribution in [3.63, 3.8) is 0 Å². The van der Waals surface area contributed by atoms with E-state index in [1.165, 1.54) is 12.8 Å². The standard InChI is InChI=1S/C16H24ClN3O/c1-12-14(17)4-3-5-15(12)19-16(21)11-20(2)10-13-6-8-18-9-7-13/h3-5,13,18H,6-11H2,1-2H3,(H,19,21). The normalized spacial score (nSPS) is 16.2. The highest BCUT2D eigenvalue weighted by Gasteiger charge is 2.16. The molecule has 0 aliphatic carbocycles. The van der Waals surface area contributed by atoms with Gasteiger partial charge in [-0.05, 0) is 63.5 Å². The molecule has 5 heteroatoms. The molecule has 1 aromatic carbocycles. The molecule has 21 heavy (non-hydrogen) atoms. The van der Waals surface area contributed by atoms with E-state index in [9.17, 15) is 4.79 Å². The lowest BCUT2D eigenvalue weighted by atomic mass is 9.98. The maximum Gasteiger partial charge on any atom is 0.238 e. The monoisotopic (exact) mass is 309 g/mol. The number of halogens is 1. The van der Waals surface area contributed by atoms with E-state index in [0.29, 0.717) is 17.5 Å². The van der Waals surface area contributed by atoms with Crippen LogP contribution in [0, 0.1) is 12.8 Å². The van der Waals surface area contributed by atoms with Gasteiger partial charge in [-0.1, -0.05) is 17.7 Å². The number of carbonyl (C=O) groups excluding carboxylic acids is 1. The molecule has 1 fully saturated rings. The first kappa shape index (κ1) is 16.3. The van der Waals surface area contributed by atoms with E-state index in [2.05, 4.69) is 15.5 Å². The predicted molar refractivity (Wildman–Crippen MR) is 87.9 cm³/mol. The Kier molecular flexibility index (Phi) is 6.03. The van der Waals surface area contributed by atoms with Crippen LogP contribution in [0.4, 0.5) is 5.69 Å². The lowest BCUT2D eigenvalue weighted by Gasteiger charge is -2.27. The van der Waals surface area contributed by atoms with E-state index >= 15 is 0 Å². The molecular formula is C16H24ClN3O. The zero-order valence-corrected chi connectivity index (χ0v) is 13.5. The number of hydrogen-bond acceptors (Lipinski definition) is 3. The lowest BCUT2D eigenvalue weighted by Crippen LogP contribution is -2.37. The van der Waals surface area contributed by atoms with E-state index in [-0.39, 0.29) is 5.91 Å². The van der Waals surface area contributed by atoms with Crippen LogP contribution in [0.15, 0.2) is 18.2 Å². The van der Waals surface area contributed by atoms with Gasteiger partial charge >= 0.3 is 0 Å². The molecule has 2 rings (SSSR count). The summed E-state index contributed by atoms with van der Waals surface area (Å²) in [5.41, 5.74) is 1.70. The van der Waals surface area contributed by atoms with Gasteiger partial charge in [0.2, 0.25) is 5.91 Å². The van der Waals surface area contributed by atoms with Gasteiger partial charge in [-0.15, -0.1) is 0 Å². The van der Waals surface area contributed by atoms with Crippen LogP contribution in [-0.2, 0) is 4.79 Å². The van der Waals surface area contributed by atoms with Crippen LogP contribution in [0.2, 0.25) is 5.02 Å². The fourth-order valence-corrected chi connectivity index (χ4v) is 2.92. The molecule has 2 N–H and O–H groups in total. The van der Waals surface area contributed by atoms with Crippen molar-refractivity contribution < 1.29 is 4.79 Å². The molecule has 0 atom stereocenters. The largest absolute Gasteiger partial charge is 0.325 e. The van der Waals surface area contributed by atoms with Crippen molar-refractivity contribution in [2.24, 2.45) is 5.92 Å². The van der Waals surface area contributed by atoms with Crippen molar-refractivity contribution in [3.05, 3.63) is 28.8 Å². The summed E-state index contributed by atoms with van der Waals surface area (Å²) in [5.74, 6) is 0.703. The Morgan fingerprint density at radius 2 is 2.14 bits per heavy atom. The molecule has 0 radical (unpaired) electrons. The van der Waals surface area contributed by atoms with Gasteiger partial charge in [0.25, 0.3) is 0 Å². The topological polar surface area (TPSA) is 44.4 Å². The number of benzene rings is 1. The second-order valence-electron chi connectivity index (χ2n) is 5.85. The number of hydrogen-bond donors (Lipinski definition) is 2. The first-order valence-corrected chi connectivity index (χ1v) is 7.88. The van der Waals surface area contributed by atoms with Crippen molar-refractivity contribution in [2.45, 2.75) is 19.8 Å². The van der Waals surface area contributed by atoms with Crippen molar-refractivity contribution in [1.29, 1.82) is 0 Å². The smallest absolute Gasteiger partial charge is 0.238 e. The zero-order valence-electron chi connectivity index (χ0n) is 12.8. The van der Waals surface area contributed by atoms with Crippen LogP contribution in [0.25, 0.3) is 0 Å². The number of piperidine rings is 1. The zero-order chi connectivity index (χ0) is 15.2. The number of carbonyl (C=O) groups is 1. The van der Waals surface area contributed by atoms with E-state index in [0.717, 1.165) is 30.9 Å². The van der Waals surface area contributed by atoms with Crippen molar-refractivity contribution in [3.8, 4) is 0 Å². The van der Waals surface area contributed by atoms with Gasteiger partial charge in [-0.2, -0.15) is 0 Å². The van der Waals surface area contributed by atoms with Crippen LogP contribution in [0.3, 0.4) is 0 Å². The predicted octanol–water partition coefficient (Wildman–Crippen LogP) is 2.52. The fraction of sp³-hybridized carbons (Fsp3) is 0.562. The van der Waals surface area contributed by atoms with Crippen LogP contribution >= 0.6 is 11.6 Å². The van der Waals surface area contributed by atoms with Gasteiger partial charge in [0.15, 0.2) is 0 Å². The van der Waals surface area contributed by atoms with E-state index in [4.69, 9.17) is 11.6 Å². The molecule has 4 nitrogen and oxygen atoms in total. The number of nitrogens with one attached hydrogen (secondary N) is 2. The number of rotatable bonds is 5. The fourth-order valence-electron chi connectivity index (χ4n) is 2.75. The van der Waals surface area contributed by atoms with E-state index in [1.807, 2.05) is 32.2 Å². The molecule has 1 heterocycles. The SMILES string of the molecule is Cc1c(Cl)cccc1NC(=O)CN(C)CC1CCNCC1. The quantitative estimate of drug-likeness (QED) is 0.878. The number of likely N-dealkylation sites (N-methyl/N-ethyl adjacent to an activating group) is 1. The molecule has 1 aliphatic rings. The van der Waals surface area contributed by atoms with Crippen molar-refractivity contribution >= 4 is 23.2 Å². The summed E-state index contributed by atoms with van der Waals surface area (Å²) in [6, 6.07) is 5.56. The summed E-state index contributed by atoms with van der Waals surface area (Å²) in [6.07, 6.45) is 2.39. The summed E-state index contributed by atoms with van der Waals surface area (Å²) in [6.45, 7) is 5.48. The molecule has 0 saturated carbocycles. The van der Waals surface area contributed by atoms with Crippen LogP contribution in [0.5, 0.6) is 0 Å². The Hall–Kier alpha value is -1.10. The minimum atomic E-state index is 0.0109. The highest BCUT2D eigenvalue weighted by atomic mass is 35.5. The van der Waals surface area contributed by atoms with Crippen molar-refractivity contribution in [1.82, 2.24) is 10.2 Å². The Morgan fingerprint density at radius 1 is 1.43 bits per heavy atom. The van der Waals surface area contributed by atoms with Crippen LogP contribution in [-0.4, -0.2) is 44.0 Å². The van der Waals surface area contributed by atoms with Gasteiger partial charge in [0.05, 0.1) is 6.54 Å². The molecule has 0 bridgehead atoms. The summed E-state index contributed by atoms with van der Waals surface area (Å²) in [4.78, 5) is 14.2. The Bertz CT molecular complexity index is 486. The number of amides is 1. The van der Waals surface area contributed by atoms with Gasteiger partial charge in [-0.3, -0.25) is 9.69 Å². The van der Waals surface area contributed by atoms with Gasteiger partial charge in [0.1, 0.15) is 0 Å². The summed E-state index contributed by atoms with van der Waals surface area (Å²) in [5, 5.41) is 6.98. The Balaban J connectivity index is 1.82. The minimum absolute atomic E-state index is 0.0109. The maximum absolute atomic E-state index is 12.1. The Morgan fingerprint density at radius 3 is 2.86 bits per heavy atom. The van der Waals surface area contributed by atoms with Crippen molar-refractivity contribution in [2.75, 3.05) is 38.5 Å². The summed E-state index contributed by atoms with van der Waals surface area (Å²) in [7, 11) is 2.01. The van der Waals surface area contributed by atoms with Gasteiger partial charge in [-0.25, -0.2) is 0 Å². The molecule has 1 aliphatic heterocycles. The minimum Gasteiger partial charge on any atom is -0.325 e. The molecule has 1 amide bonds. The molecule has 0 spiro atoms. The first-order valence-electron chi connectivity index (χ1n) is 7.50. The summed E-state index contributed by atoms with van der Waals surface area (Å²) < 4.78 is 0. The average Bonchev–Trinajstić information content (AvgIpc) is 2.44. The highest BCUT2D eigenvalue weighted by molar-refractivity contribution is 6.31. The van der Waals surface area contributed by atoms with E-state index in [1.54, 1.807) is 0 Å². The van der Waals surface area contributed by atoms with E-state index < -0.39 is 0 Å². The first-order chi connectivity index (χ1) is 10.1. The second-order valence-corrected chi connectivity index (χ2v) is 6.26. The second kappa shape index (κ2) is 7.78. The molecule has 1 aromatic rings. The average molecular weight is 310 g/mol. The van der Waals surface area contributed by atoms with Gasteiger partial charge < -0.3 is 10.6 Å². The summed E-state index contributed by atoms with van der Waals surface area (Å²) >= 11 is 6.06. The molecule has 0 aromatic heterocycles. The Labute approximate surface area is 131 Å². The number of anilines is 1. The third-order valence-electron chi connectivity index (χ3n) is 3.98. The molecular weight excluding hydrogens is 286 g/mol. The molecule has 1 saturated heterocycles. The molecule has 116 valence electrons. The maximum atomic E-state index is 12.1. The van der Waals surface area contributed by atoms with Crippen LogP contribution in [0.1, 0.15) is 18.4 Å². The third-order valence-corrected chi connectivity index (χ3v) is 4.39. The van der Waals surface area contributed by atoms with Crippen LogP contribution < -0.4 is 10.6 Å². The number of nitrogens with zero attached hydrogens (tertiary/aromatic N) is 1. The molecule has 0 unspecified atom stereocenters. The van der Waals surface area contributed by atoms with Gasteiger partial charge in [0, 0.05) is 17.3 Å². The lowest BCUT2D eigenvalue weighted by molar-refractivity contribution is -0.117. The highest BCUT2D eigenvalue weighted by Crippen LogP contribution is 2.22.